The lowest BCUT2D eigenvalue weighted by molar-refractivity contribution is -0.138. The summed E-state index contributed by atoms with van der Waals surface area (Å²) in [5.41, 5.74) is 1.99. The van der Waals surface area contributed by atoms with Crippen LogP contribution in [0.4, 0.5) is 18.9 Å². The Hall–Kier alpha value is -2.70. The van der Waals surface area contributed by atoms with Crippen LogP contribution in [-0.4, -0.2) is 43.1 Å². The highest BCUT2D eigenvalue weighted by molar-refractivity contribution is 5.81. The topological polar surface area (TPSA) is 32.8 Å². The zero-order chi connectivity index (χ0) is 21.2. The molecule has 0 radical (unpaired) electrons. The monoisotopic (exact) mass is 406 g/mol. The number of benzene rings is 2. The van der Waals surface area contributed by atoms with Crippen LogP contribution in [0.25, 0.3) is 0 Å². The molecule has 0 aliphatic carbocycles. The van der Waals surface area contributed by atoms with E-state index in [0.29, 0.717) is 37.6 Å². The van der Waals surface area contributed by atoms with Gasteiger partial charge in [0, 0.05) is 31.9 Å². The van der Waals surface area contributed by atoms with Crippen molar-refractivity contribution in [1.82, 2.24) is 4.90 Å². The zero-order valence-electron chi connectivity index (χ0n) is 16.8. The van der Waals surface area contributed by atoms with Gasteiger partial charge in [0.2, 0.25) is 0 Å². The fourth-order valence-corrected chi connectivity index (χ4v) is 3.58. The maximum absolute atomic E-state index is 12.9. The van der Waals surface area contributed by atoms with Crippen molar-refractivity contribution in [1.29, 1.82) is 0 Å². The molecule has 3 rings (SSSR count). The van der Waals surface area contributed by atoms with Crippen LogP contribution in [0.2, 0.25) is 0 Å². The minimum Gasteiger partial charge on any atom is -0.481 e. The van der Waals surface area contributed by atoms with E-state index in [-0.39, 0.29) is 5.91 Å². The second-order valence-electron chi connectivity index (χ2n) is 7.44. The predicted octanol–water partition coefficient (Wildman–Crippen LogP) is 4.44. The third-order valence-corrected chi connectivity index (χ3v) is 4.99. The Morgan fingerprint density at radius 3 is 2.21 bits per heavy atom. The van der Waals surface area contributed by atoms with Crippen molar-refractivity contribution < 1.29 is 22.7 Å². The number of rotatable bonds is 4. The highest BCUT2D eigenvalue weighted by Crippen LogP contribution is 2.32. The Kier molecular flexibility index (Phi) is 6.05. The van der Waals surface area contributed by atoms with E-state index in [0.717, 1.165) is 23.3 Å². The van der Waals surface area contributed by atoms with Gasteiger partial charge in [0.15, 0.2) is 6.10 Å². The first kappa shape index (κ1) is 21.0. The molecule has 1 atom stereocenters. The van der Waals surface area contributed by atoms with Crippen LogP contribution in [-0.2, 0) is 11.0 Å². The fraction of sp³-hybridized carbons (Fsp3) is 0.409. The lowest BCUT2D eigenvalue weighted by atomic mass is 10.1. The fourth-order valence-electron chi connectivity index (χ4n) is 3.58. The molecule has 0 saturated carbocycles. The molecule has 0 unspecified atom stereocenters. The van der Waals surface area contributed by atoms with Gasteiger partial charge in [-0.25, -0.2) is 0 Å². The molecule has 0 spiro atoms. The number of alkyl halides is 3. The van der Waals surface area contributed by atoms with Gasteiger partial charge in [-0.1, -0.05) is 12.1 Å². The zero-order valence-corrected chi connectivity index (χ0v) is 16.8. The van der Waals surface area contributed by atoms with Gasteiger partial charge in [-0.15, -0.1) is 0 Å². The number of halogens is 3. The van der Waals surface area contributed by atoms with Crippen molar-refractivity contribution in [2.45, 2.75) is 33.1 Å². The second kappa shape index (κ2) is 8.35. The van der Waals surface area contributed by atoms with E-state index in [1.54, 1.807) is 17.9 Å². The highest BCUT2D eigenvalue weighted by Gasteiger charge is 2.31. The van der Waals surface area contributed by atoms with Crippen molar-refractivity contribution in [2.75, 3.05) is 31.1 Å². The molecular weight excluding hydrogens is 381 g/mol. The number of piperazine rings is 1. The molecule has 29 heavy (non-hydrogen) atoms. The summed E-state index contributed by atoms with van der Waals surface area (Å²) < 4.78 is 44.6. The molecule has 4 nitrogen and oxygen atoms in total. The quantitative estimate of drug-likeness (QED) is 0.753. The van der Waals surface area contributed by atoms with Crippen LogP contribution in [0.3, 0.4) is 0 Å². The Balaban J connectivity index is 1.59. The van der Waals surface area contributed by atoms with E-state index in [2.05, 4.69) is 0 Å². The van der Waals surface area contributed by atoms with Crippen molar-refractivity contribution >= 4 is 11.6 Å². The van der Waals surface area contributed by atoms with Crippen LogP contribution in [0, 0.1) is 13.8 Å². The predicted molar refractivity (Wildman–Crippen MR) is 106 cm³/mol. The summed E-state index contributed by atoms with van der Waals surface area (Å²) in [6, 6.07) is 11.1. The Morgan fingerprint density at radius 2 is 1.62 bits per heavy atom. The summed E-state index contributed by atoms with van der Waals surface area (Å²) in [6.07, 6.45) is -4.99. The highest BCUT2D eigenvalue weighted by atomic mass is 19.4. The standard InChI is InChI=1S/C22H25F3N2O2/c1-15-11-16(2)13-20(12-15)29-17(3)21(28)27-9-7-26(8-10-27)19-6-4-5-18(14-19)22(23,24)25/h4-6,11-14,17H,7-10H2,1-3H3/t17-/m0/s1. The molecule has 2 aromatic rings. The molecule has 1 aliphatic rings. The third kappa shape index (κ3) is 5.22. The Morgan fingerprint density at radius 1 is 1.00 bits per heavy atom. The number of amides is 1. The van der Waals surface area contributed by atoms with Crippen LogP contribution in [0.1, 0.15) is 23.6 Å². The smallest absolute Gasteiger partial charge is 0.416 e. The molecule has 156 valence electrons. The molecule has 1 aliphatic heterocycles. The molecule has 2 aromatic carbocycles. The average molecular weight is 406 g/mol. The van der Waals surface area contributed by atoms with E-state index in [1.807, 2.05) is 36.9 Å². The summed E-state index contributed by atoms with van der Waals surface area (Å²) in [4.78, 5) is 16.3. The number of hydrogen-bond acceptors (Lipinski definition) is 3. The number of aryl methyl sites for hydroxylation is 2. The van der Waals surface area contributed by atoms with Crippen molar-refractivity contribution in [2.24, 2.45) is 0 Å². The molecule has 0 aromatic heterocycles. The molecular formula is C22H25F3N2O2. The van der Waals surface area contributed by atoms with E-state index in [1.165, 1.54) is 6.07 Å². The molecule has 0 bridgehead atoms. The van der Waals surface area contributed by atoms with Crippen LogP contribution < -0.4 is 9.64 Å². The van der Waals surface area contributed by atoms with Crippen LogP contribution >= 0.6 is 0 Å². The summed E-state index contributed by atoms with van der Waals surface area (Å²) in [6.45, 7) is 7.50. The molecule has 0 N–H and O–H groups in total. The average Bonchev–Trinajstić information content (AvgIpc) is 2.66. The molecule has 1 fully saturated rings. The third-order valence-electron chi connectivity index (χ3n) is 4.99. The number of nitrogens with zero attached hydrogens (tertiary/aromatic N) is 2. The van der Waals surface area contributed by atoms with Gasteiger partial charge in [0.05, 0.1) is 5.56 Å². The Bertz CT molecular complexity index is 854. The molecule has 1 amide bonds. The maximum atomic E-state index is 12.9. The first-order valence-corrected chi connectivity index (χ1v) is 9.59. The SMILES string of the molecule is Cc1cc(C)cc(O[C@@H](C)C(=O)N2CCN(c3cccc(C(F)(F)F)c3)CC2)c1. The summed E-state index contributed by atoms with van der Waals surface area (Å²) in [5.74, 6) is 0.541. The molecule has 1 heterocycles. The largest absolute Gasteiger partial charge is 0.481 e. The minimum atomic E-state index is -4.37. The lowest BCUT2D eigenvalue weighted by Crippen LogP contribution is -2.52. The number of carbonyl (C=O) groups excluding carboxylic acids is 1. The first-order valence-electron chi connectivity index (χ1n) is 9.59. The number of hydrogen-bond donors (Lipinski definition) is 0. The number of carbonyl (C=O) groups is 1. The van der Waals surface area contributed by atoms with Crippen LogP contribution in [0.5, 0.6) is 5.75 Å². The van der Waals surface area contributed by atoms with Gasteiger partial charge >= 0.3 is 6.18 Å². The summed E-state index contributed by atoms with van der Waals surface area (Å²) in [7, 11) is 0. The molecule has 1 saturated heterocycles. The first-order chi connectivity index (χ1) is 13.6. The van der Waals surface area contributed by atoms with E-state index in [4.69, 9.17) is 4.74 Å². The number of anilines is 1. The summed E-state index contributed by atoms with van der Waals surface area (Å²) in [5, 5.41) is 0. The normalized spacial score (nSPS) is 15.9. The second-order valence-corrected chi connectivity index (χ2v) is 7.44. The number of ether oxygens (including phenoxy) is 1. The van der Waals surface area contributed by atoms with E-state index >= 15 is 0 Å². The lowest BCUT2D eigenvalue weighted by Gasteiger charge is -2.37. The van der Waals surface area contributed by atoms with Gasteiger partial charge in [-0.3, -0.25) is 4.79 Å². The van der Waals surface area contributed by atoms with Crippen molar-refractivity contribution in [3.8, 4) is 5.75 Å². The molecule has 7 heteroatoms. The van der Waals surface area contributed by atoms with E-state index < -0.39 is 17.8 Å². The van der Waals surface area contributed by atoms with Gasteiger partial charge in [-0.05, 0) is 62.2 Å². The van der Waals surface area contributed by atoms with Crippen molar-refractivity contribution in [3.05, 3.63) is 59.2 Å². The van der Waals surface area contributed by atoms with E-state index in [9.17, 15) is 18.0 Å². The van der Waals surface area contributed by atoms with Gasteiger partial charge in [-0.2, -0.15) is 13.2 Å². The van der Waals surface area contributed by atoms with Gasteiger partial charge < -0.3 is 14.5 Å². The Labute approximate surface area is 168 Å². The van der Waals surface area contributed by atoms with Gasteiger partial charge in [0.25, 0.3) is 5.91 Å². The maximum Gasteiger partial charge on any atom is 0.416 e. The summed E-state index contributed by atoms with van der Waals surface area (Å²) >= 11 is 0. The van der Waals surface area contributed by atoms with Crippen LogP contribution in [0.15, 0.2) is 42.5 Å². The minimum absolute atomic E-state index is 0.118. The van der Waals surface area contributed by atoms with Crippen molar-refractivity contribution in [3.63, 3.8) is 0 Å². The van der Waals surface area contributed by atoms with Gasteiger partial charge in [0.1, 0.15) is 5.75 Å².